The van der Waals surface area contributed by atoms with Crippen LogP contribution in [0.5, 0.6) is 0 Å². The Morgan fingerprint density at radius 3 is 2.65 bits per heavy atom. The van der Waals surface area contributed by atoms with E-state index in [1.54, 1.807) is 0 Å². The van der Waals surface area contributed by atoms with Gasteiger partial charge in [0.15, 0.2) is 0 Å². The van der Waals surface area contributed by atoms with Crippen LogP contribution in [0, 0.1) is 5.92 Å². The Balaban J connectivity index is 1.80. The second kappa shape index (κ2) is 6.77. The van der Waals surface area contributed by atoms with Crippen molar-refractivity contribution in [2.45, 2.75) is 38.8 Å². The van der Waals surface area contributed by atoms with Gasteiger partial charge in [0.05, 0.1) is 6.04 Å². The van der Waals surface area contributed by atoms with Crippen LogP contribution in [0.15, 0.2) is 47.3 Å². The highest BCUT2D eigenvalue weighted by atomic mass is 16.2. The predicted molar refractivity (Wildman–Crippen MR) is 88.2 cm³/mol. The third-order valence-electron chi connectivity index (χ3n) is 4.07. The molecule has 3 rings (SSSR count). The molecule has 1 amide bonds. The van der Waals surface area contributed by atoms with Crippen molar-refractivity contribution in [2.75, 3.05) is 0 Å². The first-order valence-corrected chi connectivity index (χ1v) is 8.13. The molecule has 1 aliphatic rings. The zero-order valence-corrected chi connectivity index (χ0v) is 13.2. The maximum Gasteiger partial charge on any atom is 0.272 e. The van der Waals surface area contributed by atoms with Crippen molar-refractivity contribution in [3.05, 3.63) is 64.1 Å². The average molecular weight is 311 g/mol. The fourth-order valence-electron chi connectivity index (χ4n) is 2.72. The third-order valence-corrected chi connectivity index (χ3v) is 4.07. The van der Waals surface area contributed by atoms with Crippen molar-refractivity contribution in [3.63, 3.8) is 0 Å². The lowest BCUT2D eigenvalue weighted by Gasteiger charge is -2.18. The van der Waals surface area contributed by atoms with Crippen molar-refractivity contribution in [3.8, 4) is 0 Å². The van der Waals surface area contributed by atoms with Gasteiger partial charge in [-0.05, 0) is 36.8 Å². The Labute approximate surface area is 135 Å². The molecule has 5 nitrogen and oxygen atoms in total. The third kappa shape index (κ3) is 3.67. The molecule has 120 valence electrons. The van der Waals surface area contributed by atoms with Gasteiger partial charge in [0.2, 0.25) is 0 Å². The number of rotatable bonds is 6. The smallest absolute Gasteiger partial charge is 0.272 e. The Morgan fingerprint density at radius 1 is 1.26 bits per heavy atom. The van der Waals surface area contributed by atoms with Crippen molar-refractivity contribution in [1.82, 2.24) is 15.1 Å². The van der Waals surface area contributed by atoms with E-state index in [2.05, 4.69) is 10.4 Å². The first-order valence-electron chi connectivity index (χ1n) is 8.13. The van der Waals surface area contributed by atoms with Crippen LogP contribution in [0.1, 0.15) is 48.3 Å². The number of carbonyl (C=O) groups is 1. The molecule has 1 unspecified atom stereocenters. The molecule has 0 spiro atoms. The van der Waals surface area contributed by atoms with Crippen LogP contribution in [0.4, 0.5) is 0 Å². The van der Waals surface area contributed by atoms with E-state index in [0.717, 1.165) is 24.8 Å². The Morgan fingerprint density at radius 2 is 2.00 bits per heavy atom. The summed E-state index contributed by atoms with van der Waals surface area (Å²) >= 11 is 0. The van der Waals surface area contributed by atoms with Crippen molar-refractivity contribution < 1.29 is 4.79 Å². The molecule has 1 aromatic carbocycles. The number of amides is 1. The minimum Gasteiger partial charge on any atom is -0.344 e. The zero-order valence-electron chi connectivity index (χ0n) is 13.2. The molecule has 2 aromatic rings. The number of hydrogen-bond donors (Lipinski definition) is 1. The fourth-order valence-corrected chi connectivity index (χ4v) is 2.72. The quantitative estimate of drug-likeness (QED) is 0.891. The van der Waals surface area contributed by atoms with Crippen LogP contribution in [0.25, 0.3) is 0 Å². The Hall–Kier alpha value is -2.43. The van der Waals surface area contributed by atoms with Crippen molar-refractivity contribution >= 4 is 5.91 Å². The first-order chi connectivity index (χ1) is 11.2. The van der Waals surface area contributed by atoms with E-state index in [0.29, 0.717) is 18.2 Å². The van der Waals surface area contributed by atoms with Gasteiger partial charge in [0, 0.05) is 12.6 Å². The second-order valence-electron chi connectivity index (χ2n) is 5.98. The lowest BCUT2D eigenvalue weighted by Crippen LogP contribution is -2.33. The molecule has 23 heavy (non-hydrogen) atoms. The van der Waals surface area contributed by atoms with Crippen molar-refractivity contribution in [2.24, 2.45) is 5.92 Å². The molecule has 1 heterocycles. The fraction of sp³-hybridized carbons (Fsp3) is 0.389. The minimum atomic E-state index is -0.226. The van der Waals surface area contributed by atoms with E-state index in [4.69, 9.17) is 0 Å². The topological polar surface area (TPSA) is 64.0 Å². The van der Waals surface area contributed by atoms with Gasteiger partial charge in [-0.15, -0.1) is 0 Å². The number of aromatic nitrogens is 2. The highest BCUT2D eigenvalue weighted by Crippen LogP contribution is 2.41. The molecule has 1 saturated carbocycles. The molecular formula is C18H21N3O2. The molecule has 1 aromatic heterocycles. The van der Waals surface area contributed by atoms with Gasteiger partial charge in [0.25, 0.3) is 11.5 Å². The minimum absolute atomic E-state index is 0.0112. The molecule has 0 bridgehead atoms. The van der Waals surface area contributed by atoms with E-state index in [9.17, 15) is 9.59 Å². The summed E-state index contributed by atoms with van der Waals surface area (Å²) in [5, 5.41) is 7.26. The monoisotopic (exact) mass is 311 g/mol. The van der Waals surface area contributed by atoms with Crippen LogP contribution in [0.2, 0.25) is 0 Å². The summed E-state index contributed by atoms with van der Waals surface area (Å²) in [6.07, 6.45) is 3.05. The molecule has 0 saturated heterocycles. The van der Waals surface area contributed by atoms with Gasteiger partial charge in [-0.25, -0.2) is 4.68 Å². The van der Waals surface area contributed by atoms with E-state index in [1.807, 2.05) is 37.3 Å². The number of hydrogen-bond acceptors (Lipinski definition) is 3. The summed E-state index contributed by atoms with van der Waals surface area (Å²) in [5.74, 6) is 0.263. The summed E-state index contributed by atoms with van der Waals surface area (Å²) in [7, 11) is 0. The van der Waals surface area contributed by atoms with Crippen molar-refractivity contribution in [1.29, 1.82) is 0 Å². The lowest BCUT2D eigenvalue weighted by atomic mass is 10.0. The largest absolute Gasteiger partial charge is 0.344 e. The van der Waals surface area contributed by atoms with Crippen LogP contribution in [-0.4, -0.2) is 15.7 Å². The molecular weight excluding hydrogens is 290 g/mol. The van der Waals surface area contributed by atoms with Gasteiger partial charge in [-0.2, -0.15) is 5.10 Å². The van der Waals surface area contributed by atoms with Gasteiger partial charge >= 0.3 is 0 Å². The maximum absolute atomic E-state index is 12.5. The van der Waals surface area contributed by atoms with Crippen LogP contribution in [0.3, 0.4) is 0 Å². The molecule has 1 fully saturated rings. The number of benzene rings is 1. The molecule has 0 radical (unpaired) electrons. The average Bonchev–Trinajstić information content (AvgIpc) is 3.40. The zero-order chi connectivity index (χ0) is 16.2. The summed E-state index contributed by atoms with van der Waals surface area (Å²) in [6.45, 7) is 2.49. The van der Waals surface area contributed by atoms with E-state index in [1.165, 1.54) is 16.8 Å². The summed E-state index contributed by atoms with van der Waals surface area (Å²) in [6, 6.07) is 12.9. The predicted octanol–water partition coefficient (Wildman–Crippen LogP) is 2.53. The van der Waals surface area contributed by atoms with Crippen LogP contribution in [-0.2, 0) is 6.54 Å². The van der Waals surface area contributed by atoms with E-state index < -0.39 is 0 Å². The maximum atomic E-state index is 12.5. The second-order valence-corrected chi connectivity index (χ2v) is 5.98. The van der Waals surface area contributed by atoms with Crippen LogP contribution >= 0.6 is 0 Å². The van der Waals surface area contributed by atoms with Gasteiger partial charge in [-0.1, -0.05) is 37.3 Å². The SMILES string of the molecule is CCCn1nc(C(=O)NC(c2ccccc2)C2CC2)ccc1=O. The van der Waals surface area contributed by atoms with Gasteiger partial charge in [0.1, 0.15) is 5.69 Å². The number of nitrogens with one attached hydrogen (secondary N) is 1. The number of carbonyl (C=O) groups excluding carboxylic acids is 1. The number of aryl methyl sites for hydroxylation is 1. The Bertz CT molecular complexity index is 735. The molecule has 1 atom stereocenters. The molecule has 1 aliphatic carbocycles. The van der Waals surface area contributed by atoms with Gasteiger partial charge in [-0.3, -0.25) is 9.59 Å². The summed E-state index contributed by atoms with van der Waals surface area (Å²) < 4.78 is 1.35. The van der Waals surface area contributed by atoms with Gasteiger partial charge < -0.3 is 5.32 Å². The van der Waals surface area contributed by atoms with E-state index >= 15 is 0 Å². The van der Waals surface area contributed by atoms with Crippen LogP contribution < -0.4 is 10.9 Å². The summed E-state index contributed by atoms with van der Waals surface area (Å²) in [4.78, 5) is 24.3. The molecule has 1 N–H and O–H groups in total. The molecule has 5 heteroatoms. The summed E-state index contributed by atoms with van der Waals surface area (Å²) in [5.41, 5.74) is 1.23. The highest BCUT2D eigenvalue weighted by molar-refractivity contribution is 5.92. The standard InChI is InChI=1S/C18H21N3O2/c1-2-12-21-16(22)11-10-15(20-21)18(23)19-17(14-8-9-14)13-6-4-3-5-7-13/h3-7,10-11,14,17H,2,8-9,12H2,1H3,(H,19,23). The lowest BCUT2D eigenvalue weighted by molar-refractivity contribution is 0.0924. The van der Waals surface area contributed by atoms with E-state index in [-0.39, 0.29) is 17.5 Å². The Kier molecular flexibility index (Phi) is 4.55. The normalized spacial score (nSPS) is 15.2. The molecule has 0 aliphatic heterocycles. The highest BCUT2D eigenvalue weighted by Gasteiger charge is 2.33. The first kappa shape index (κ1) is 15.5. The number of nitrogens with zero attached hydrogens (tertiary/aromatic N) is 2.